The van der Waals surface area contributed by atoms with E-state index in [1.807, 2.05) is 0 Å². The zero-order valence-electron chi connectivity index (χ0n) is 5.00. The molecule has 0 aliphatic carbocycles. The van der Waals surface area contributed by atoms with Crippen LogP contribution < -0.4 is 0 Å². The first-order valence-corrected chi connectivity index (χ1v) is 2.97. The van der Waals surface area contributed by atoms with Gasteiger partial charge in [0.15, 0.2) is 0 Å². The summed E-state index contributed by atoms with van der Waals surface area (Å²) in [5.74, 6) is -0.0671. The Bertz CT molecular complexity index is 262. The van der Waals surface area contributed by atoms with Gasteiger partial charge in [0.25, 0.3) is 0 Å². The Morgan fingerprint density at radius 2 is 2.40 bits per heavy atom. The molecule has 0 saturated heterocycles. The molecule has 1 rings (SSSR count). The van der Waals surface area contributed by atoms with Crippen LogP contribution in [0.5, 0.6) is 5.75 Å². The lowest BCUT2D eigenvalue weighted by atomic mass is 10.3. The zero-order valence-corrected chi connectivity index (χ0v) is 5.76. The summed E-state index contributed by atoms with van der Waals surface area (Å²) < 4.78 is 0. The van der Waals surface area contributed by atoms with Crippen LogP contribution in [0.1, 0.15) is 5.56 Å². The van der Waals surface area contributed by atoms with Crippen molar-refractivity contribution in [2.24, 2.45) is 0 Å². The van der Waals surface area contributed by atoms with Gasteiger partial charge in [-0.2, -0.15) is 0 Å². The van der Waals surface area contributed by atoms with Crippen LogP contribution >= 0.6 is 11.6 Å². The average Bonchev–Trinajstić information content (AvgIpc) is 1.88. The number of rotatable bonds is 1. The van der Waals surface area contributed by atoms with Crippen molar-refractivity contribution in [2.75, 3.05) is 0 Å². The molecule has 0 radical (unpaired) electrons. The summed E-state index contributed by atoms with van der Waals surface area (Å²) in [6, 6.07) is 1.48. The Morgan fingerprint density at radius 1 is 1.70 bits per heavy atom. The minimum Gasteiger partial charge on any atom is -0.506 e. The Morgan fingerprint density at radius 3 is 2.80 bits per heavy atom. The summed E-state index contributed by atoms with van der Waals surface area (Å²) in [5.41, 5.74) is 0.302. The molecule has 1 aromatic heterocycles. The minimum atomic E-state index is -0.181. The van der Waals surface area contributed by atoms with Crippen molar-refractivity contribution in [2.45, 2.75) is 0 Å². The van der Waals surface area contributed by atoms with Crippen LogP contribution in [0, 0.1) is 5.41 Å². The van der Waals surface area contributed by atoms with Crippen LogP contribution in [0.15, 0.2) is 18.5 Å². The summed E-state index contributed by atoms with van der Waals surface area (Å²) in [6.45, 7) is 0. The molecule has 0 atom stereocenters. The lowest BCUT2D eigenvalue weighted by Crippen LogP contribution is -1.88. The van der Waals surface area contributed by atoms with E-state index in [-0.39, 0.29) is 10.9 Å². The number of hydrogen-bond donors (Lipinski definition) is 2. The van der Waals surface area contributed by atoms with Gasteiger partial charge in [-0.1, -0.05) is 11.6 Å². The fourth-order valence-electron chi connectivity index (χ4n) is 0.572. The summed E-state index contributed by atoms with van der Waals surface area (Å²) in [4.78, 5) is 3.62. The first kappa shape index (κ1) is 7.02. The fraction of sp³-hybridized carbons (Fsp3) is 0. The molecule has 0 amide bonds. The standard InChI is InChI=1S/C6H5ClN2O/c7-6(8)4-1-2-9-3-5(4)10/h1-3,8,10H. The van der Waals surface area contributed by atoms with Crippen LogP contribution in [0.25, 0.3) is 0 Å². The maximum atomic E-state index is 8.99. The van der Waals surface area contributed by atoms with E-state index < -0.39 is 0 Å². The van der Waals surface area contributed by atoms with Crippen LogP contribution in [0.4, 0.5) is 0 Å². The van der Waals surface area contributed by atoms with E-state index in [0.717, 1.165) is 0 Å². The first-order valence-electron chi connectivity index (χ1n) is 2.59. The molecule has 3 nitrogen and oxygen atoms in total. The van der Waals surface area contributed by atoms with Crippen molar-refractivity contribution in [1.29, 1.82) is 5.41 Å². The number of nitrogens with zero attached hydrogens (tertiary/aromatic N) is 1. The van der Waals surface area contributed by atoms with Crippen molar-refractivity contribution < 1.29 is 5.11 Å². The molecule has 0 aliphatic rings. The van der Waals surface area contributed by atoms with E-state index >= 15 is 0 Å². The van der Waals surface area contributed by atoms with Crippen molar-refractivity contribution in [1.82, 2.24) is 4.98 Å². The Kier molecular flexibility index (Phi) is 1.87. The highest BCUT2D eigenvalue weighted by atomic mass is 35.5. The molecule has 0 saturated carbocycles. The predicted octanol–water partition coefficient (Wildman–Crippen LogP) is 1.35. The third kappa shape index (κ3) is 1.25. The van der Waals surface area contributed by atoms with Crippen LogP contribution in [-0.2, 0) is 0 Å². The lowest BCUT2D eigenvalue weighted by Gasteiger charge is -1.96. The molecule has 2 N–H and O–H groups in total. The summed E-state index contributed by atoms with van der Waals surface area (Å²) in [5, 5.41) is 15.8. The highest BCUT2D eigenvalue weighted by molar-refractivity contribution is 6.69. The second-order valence-corrected chi connectivity index (χ2v) is 2.08. The van der Waals surface area contributed by atoms with E-state index in [4.69, 9.17) is 22.1 Å². The van der Waals surface area contributed by atoms with Gasteiger partial charge in [-0.05, 0) is 6.07 Å². The molecule has 0 aromatic carbocycles. The molecule has 52 valence electrons. The van der Waals surface area contributed by atoms with E-state index in [1.54, 1.807) is 0 Å². The monoisotopic (exact) mass is 156 g/mol. The van der Waals surface area contributed by atoms with Crippen molar-refractivity contribution in [3.05, 3.63) is 24.0 Å². The zero-order chi connectivity index (χ0) is 7.56. The van der Waals surface area contributed by atoms with Crippen molar-refractivity contribution in [3.8, 4) is 5.75 Å². The summed E-state index contributed by atoms with van der Waals surface area (Å²) in [7, 11) is 0. The maximum Gasteiger partial charge on any atom is 0.144 e. The highest BCUT2D eigenvalue weighted by Gasteiger charge is 2.01. The number of hydrogen-bond acceptors (Lipinski definition) is 3. The molecule has 0 spiro atoms. The molecule has 1 aromatic rings. The molecule has 0 bridgehead atoms. The SMILES string of the molecule is N=C(Cl)c1ccncc1O. The number of aromatic nitrogens is 1. The smallest absolute Gasteiger partial charge is 0.144 e. The third-order valence-corrected chi connectivity index (χ3v) is 1.24. The van der Waals surface area contributed by atoms with Gasteiger partial charge < -0.3 is 5.11 Å². The Hall–Kier alpha value is -1.09. The van der Waals surface area contributed by atoms with Crippen LogP contribution in [0.3, 0.4) is 0 Å². The molecule has 1 heterocycles. The van der Waals surface area contributed by atoms with Gasteiger partial charge in [0, 0.05) is 6.20 Å². The second kappa shape index (κ2) is 2.66. The van der Waals surface area contributed by atoms with Crippen molar-refractivity contribution in [3.63, 3.8) is 0 Å². The van der Waals surface area contributed by atoms with Crippen LogP contribution in [-0.4, -0.2) is 15.3 Å². The average molecular weight is 157 g/mol. The van der Waals surface area contributed by atoms with Gasteiger partial charge in [-0.3, -0.25) is 10.4 Å². The molecule has 4 heteroatoms. The van der Waals surface area contributed by atoms with Gasteiger partial charge in [-0.15, -0.1) is 0 Å². The van der Waals surface area contributed by atoms with Gasteiger partial charge in [-0.25, -0.2) is 0 Å². The molecule has 0 aliphatic heterocycles. The van der Waals surface area contributed by atoms with Gasteiger partial charge >= 0.3 is 0 Å². The molecule has 0 unspecified atom stereocenters. The summed E-state index contributed by atoms with van der Waals surface area (Å²) >= 11 is 5.30. The van der Waals surface area contributed by atoms with E-state index in [2.05, 4.69) is 4.98 Å². The van der Waals surface area contributed by atoms with Gasteiger partial charge in [0.2, 0.25) is 0 Å². The highest BCUT2D eigenvalue weighted by Crippen LogP contribution is 2.15. The number of aromatic hydroxyl groups is 1. The normalized spacial score (nSPS) is 9.30. The fourth-order valence-corrected chi connectivity index (χ4v) is 0.732. The predicted molar refractivity (Wildman–Crippen MR) is 38.6 cm³/mol. The lowest BCUT2D eigenvalue weighted by molar-refractivity contribution is 0.471. The molecular weight excluding hydrogens is 152 g/mol. The number of nitrogens with one attached hydrogen (secondary N) is 1. The summed E-state index contributed by atoms with van der Waals surface area (Å²) in [6.07, 6.45) is 2.71. The quantitative estimate of drug-likeness (QED) is 0.603. The first-order chi connectivity index (χ1) is 4.72. The molecule has 10 heavy (non-hydrogen) atoms. The molecule has 0 fully saturated rings. The maximum absolute atomic E-state index is 8.99. The van der Waals surface area contributed by atoms with E-state index in [0.29, 0.717) is 5.56 Å². The third-order valence-electron chi connectivity index (χ3n) is 1.04. The van der Waals surface area contributed by atoms with E-state index in [9.17, 15) is 0 Å². The van der Waals surface area contributed by atoms with Gasteiger partial charge in [0.05, 0.1) is 11.8 Å². The topological polar surface area (TPSA) is 57.0 Å². The van der Waals surface area contributed by atoms with Crippen LogP contribution in [0.2, 0.25) is 0 Å². The van der Waals surface area contributed by atoms with Crippen molar-refractivity contribution >= 4 is 16.8 Å². The minimum absolute atomic E-state index is 0.0671. The Labute approximate surface area is 62.8 Å². The number of halogens is 1. The van der Waals surface area contributed by atoms with E-state index in [1.165, 1.54) is 18.5 Å². The largest absolute Gasteiger partial charge is 0.506 e. The Balaban J connectivity index is 3.15. The second-order valence-electron chi connectivity index (χ2n) is 1.71. The number of pyridine rings is 1. The van der Waals surface area contributed by atoms with Gasteiger partial charge in [0.1, 0.15) is 10.9 Å². The molecular formula is C6H5ClN2O.